The molecule has 0 aliphatic rings. The van der Waals surface area contributed by atoms with Gasteiger partial charge in [0.2, 0.25) is 5.91 Å². The second-order valence-electron chi connectivity index (χ2n) is 4.50. The number of carbonyl (C=O) groups is 1. The van der Waals surface area contributed by atoms with Crippen molar-refractivity contribution in [2.24, 2.45) is 0 Å². The zero-order valence-corrected chi connectivity index (χ0v) is 14.3. The summed E-state index contributed by atoms with van der Waals surface area (Å²) in [5.41, 5.74) is 3.14. The zero-order valence-electron chi connectivity index (χ0n) is 11.9. The lowest BCUT2D eigenvalue weighted by molar-refractivity contribution is -0.115. The Kier molecular flexibility index (Phi) is 4.99. The van der Waals surface area contributed by atoms with Crippen LogP contribution >= 0.6 is 34.4 Å². The van der Waals surface area contributed by atoms with Gasteiger partial charge in [-0.15, -0.1) is 21.5 Å². The first-order valence-corrected chi connectivity index (χ1v) is 9.21. The Labute approximate surface area is 144 Å². The molecule has 0 aliphatic heterocycles. The minimum absolute atomic E-state index is 0.148. The number of nitrogens with one attached hydrogen (secondary N) is 1. The van der Waals surface area contributed by atoms with Gasteiger partial charge in [0.05, 0.1) is 10.9 Å². The maximum absolute atomic E-state index is 12.9. The van der Waals surface area contributed by atoms with Gasteiger partial charge in [0.1, 0.15) is 11.3 Å². The van der Waals surface area contributed by atoms with Crippen LogP contribution in [-0.4, -0.2) is 26.3 Å². The Morgan fingerprint density at radius 1 is 1.30 bits per heavy atom. The average Bonchev–Trinajstić information content (AvgIpc) is 3.20. The number of amides is 1. The molecule has 0 fully saturated rings. The van der Waals surface area contributed by atoms with Crippen molar-refractivity contribution in [3.63, 3.8) is 0 Å². The highest BCUT2D eigenvalue weighted by Gasteiger charge is 2.17. The van der Waals surface area contributed by atoms with Gasteiger partial charge in [0.15, 0.2) is 9.47 Å². The van der Waals surface area contributed by atoms with Gasteiger partial charge in [-0.2, -0.15) is 0 Å². The van der Waals surface area contributed by atoms with Crippen molar-refractivity contribution in [3.05, 3.63) is 41.0 Å². The molecule has 0 aliphatic carbocycles. The van der Waals surface area contributed by atoms with Gasteiger partial charge in [0.25, 0.3) is 0 Å². The second kappa shape index (κ2) is 7.16. The summed E-state index contributed by atoms with van der Waals surface area (Å²) in [5, 5.41) is 12.5. The van der Waals surface area contributed by atoms with E-state index < -0.39 is 0 Å². The molecule has 23 heavy (non-hydrogen) atoms. The van der Waals surface area contributed by atoms with Crippen molar-refractivity contribution in [1.82, 2.24) is 15.2 Å². The average molecular weight is 366 g/mol. The number of anilines is 1. The van der Waals surface area contributed by atoms with E-state index in [-0.39, 0.29) is 17.0 Å². The summed E-state index contributed by atoms with van der Waals surface area (Å²) in [7, 11) is 0. The van der Waals surface area contributed by atoms with Crippen LogP contribution in [0.25, 0.3) is 11.3 Å². The highest BCUT2D eigenvalue weighted by atomic mass is 32.2. The molecule has 1 amide bonds. The molecule has 0 radical (unpaired) electrons. The van der Waals surface area contributed by atoms with Gasteiger partial charge in [-0.05, 0) is 31.2 Å². The van der Waals surface area contributed by atoms with Crippen LogP contribution in [0.15, 0.2) is 39.5 Å². The number of halogens is 1. The first-order chi connectivity index (χ1) is 11.1. The maximum Gasteiger partial charge on any atom is 0.239 e. The summed E-state index contributed by atoms with van der Waals surface area (Å²) in [5.74, 6) is -0.440. The summed E-state index contributed by atoms with van der Waals surface area (Å²) in [6.45, 7) is 1.80. The lowest BCUT2D eigenvalue weighted by Crippen LogP contribution is -2.22. The normalized spacial score (nSPS) is 12.1. The molecule has 0 bridgehead atoms. The van der Waals surface area contributed by atoms with Gasteiger partial charge in [-0.25, -0.2) is 9.37 Å². The van der Waals surface area contributed by atoms with E-state index in [9.17, 15) is 9.18 Å². The Morgan fingerprint density at radius 3 is 2.78 bits per heavy atom. The predicted molar refractivity (Wildman–Crippen MR) is 91.4 cm³/mol. The third kappa shape index (κ3) is 4.12. The summed E-state index contributed by atoms with van der Waals surface area (Å²) in [6, 6.07) is 6.08. The molecule has 3 rings (SSSR count). The molecule has 0 spiro atoms. The molecule has 2 aromatic heterocycles. The maximum atomic E-state index is 12.9. The third-order valence-electron chi connectivity index (χ3n) is 2.86. The highest BCUT2D eigenvalue weighted by Crippen LogP contribution is 2.27. The van der Waals surface area contributed by atoms with E-state index in [1.165, 1.54) is 46.6 Å². The van der Waals surface area contributed by atoms with Crippen molar-refractivity contribution in [2.75, 3.05) is 5.32 Å². The predicted octanol–water partition coefficient (Wildman–Crippen LogP) is 3.92. The monoisotopic (exact) mass is 366 g/mol. The van der Waals surface area contributed by atoms with Crippen molar-refractivity contribution in [2.45, 2.75) is 16.5 Å². The summed E-state index contributed by atoms with van der Waals surface area (Å²) < 4.78 is 13.7. The van der Waals surface area contributed by atoms with Gasteiger partial charge in [-0.1, -0.05) is 23.1 Å². The number of hydrogen-bond donors (Lipinski definition) is 1. The number of benzene rings is 1. The minimum atomic E-state index is -0.305. The van der Waals surface area contributed by atoms with Crippen molar-refractivity contribution in [3.8, 4) is 11.3 Å². The Balaban J connectivity index is 1.64. The van der Waals surface area contributed by atoms with Crippen LogP contribution in [0.3, 0.4) is 0 Å². The van der Waals surface area contributed by atoms with E-state index in [1.807, 2.05) is 5.38 Å². The molecule has 2 heterocycles. The summed E-state index contributed by atoms with van der Waals surface area (Å²) in [6.07, 6.45) is 0. The topological polar surface area (TPSA) is 67.8 Å². The van der Waals surface area contributed by atoms with E-state index in [1.54, 1.807) is 24.6 Å². The van der Waals surface area contributed by atoms with E-state index >= 15 is 0 Å². The van der Waals surface area contributed by atoms with Crippen molar-refractivity contribution >= 4 is 45.5 Å². The molecule has 9 heteroatoms. The molecular formula is C14H11FN4OS3. The van der Waals surface area contributed by atoms with Gasteiger partial charge in [-0.3, -0.25) is 4.79 Å². The number of aromatic nitrogens is 3. The van der Waals surface area contributed by atoms with Crippen LogP contribution in [0.2, 0.25) is 0 Å². The van der Waals surface area contributed by atoms with Crippen LogP contribution in [0.5, 0.6) is 0 Å². The van der Waals surface area contributed by atoms with Gasteiger partial charge >= 0.3 is 0 Å². The van der Waals surface area contributed by atoms with Crippen LogP contribution in [-0.2, 0) is 4.79 Å². The standard InChI is InChI=1S/C14H11FN4OS3/c1-8(23-14-19-16-7-22-14)12(20)18-13-17-11(6-21-13)9-2-4-10(15)5-3-9/h2-8H,1H3,(H,17,18,20)/t8-/m0/s1. The molecule has 118 valence electrons. The number of thiazole rings is 1. The number of nitrogens with zero attached hydrogens (tertiary/aromatic N) is 3. The molecule has 0 unspecified atom stereocenters. The van der Waals surface area contributed by atoms with E-state index in [0.717, 1.165) is 9.90 Å². The SMILES string of the molecule is C[C@H](Sc1nncs1)C(=O)Nc1nc(-c2ccc(F)cc2)cs1. The van der Waals surface area contributed by atoms with Crippen molar-refractivity contribution < 1.29 is 9.18 Å². The fraction of sp³-hybridized carbons (Fsp3) is 0.143. The number of rotatable bonds is 5. The Morgan fingerprint density at radius 2 is 2.09 bits per heavy atom. The largest absolute Gasteiger partial charge is 0.301 e. The Hall–Kier alpha value is -1.84. The first-order valence-electron chi connectivity index (χ1n) is 6.57. The van der Waals surface area contributed by atoms with E-state index in [2.05, 4.69) is 20.5 Å². The quantitative estimate of drug-likeness (QED) is 0.693. The molecule has 0 saturated heterocycles. The van der Waals surface area contributed by atoms with Gasteiger partial charge < -0.3 is 5.32 Å². The van der Waals surface area contributed by atoms with Gasteiger partial charge in [0, 0.05) is 10.9 Å². The van der Waals surface area contributed by atoms with Crippen molar-refractivity contribution in [1.29, 1.82) is 0 Å². The minimum Gasteiger partial charge on any atom is -0.301 e. The zero-order chi connectivity index (χ0) is 16.2. The van der Waals surface area contributed by atoms with Crippen LogP contribution in [0.1, 0.15) is 6.92 Å². The highest BCUT2D eigenvalue weighted by molar-refractivity contribution is 8.02. The number of hydrogen-bond acceptors (Lipinski definition) is 7. The molecule has 1 N–H and O–H groups in total. The third-order valence-corrected chi connectivity index (χ3v) is 5.53. The lowest BCUT2D eigenvalue weighted by Gasteiger charge is -2.07. The molecular weight excluding hydrogens is 355 g/mol. The van der Waals surface area contributed by atoms with E-state index in [4.69, 9.17) is 0 Å². The lowest BCUT2D eigenvalue weighted by atomic mass is 10.2. The molecule has 1 aromatic carbocycles. The summed E-state index contributed by atoms with van der Waals surface area (Å²) >= 11 is 4.08. The Bertz CT molecular complexity index is 789. The smallest absolute Gasteiger partial charge is 0.239 e. The fourth-order valence-corrected chi connectivity index (χ4v) is 4.06. The van der Waals surface area contributed by atoms with Crippen LogP contribution < -0.4 is 5.32 Å². The molecule has 3 aromatic rings. The first kappa shape index (κ1) is 16.0. The number of carbonyl (C=O) groups excluding carboxylic acids is 1. The second-order valence-corrected chi connectivity index (χ2v) is 7.78. The summed E-state index contributed by atoms with van der Waals surface area (Å²) in [4.78, 5) is 16.5. The number of thioether (sulfide) groups is 1. The molecule has 5 nitrogen and oxygen atoms in total. The van der Waals surface area contributed by atoms with E-state index in [0.29, 0.717) is 10.8 Å². The fourth-order valence-electron chi connectivity index (χ4n) is 1.71. The van der Waals surface area contributed by atoms with Crippen LogP contribution in [0.4, 0.5) is 9.52 Å². The molecule has 0 saturated carbocycles. The molecule has 1 atom stereocenters. The van der Waals surface area contributed by atoms with Crippen LogP contribution in [0, 0.1) is 5.82 Å².